The highest BCUT2D eigenvalue weighted by atomic mass is 16.2. The van der Waals surface area contributed by atoms with Crippen molar-refractivity contribution in [3.8, 4) is 0 Å². The van der Waals surface area contributed by atoms with Gasteiger partial charge in [-0.15, -0.1) is 0 Å². The lowest BCUT2D eigenvalue weighted by molar-refractivity contribution is -0.129. The summed E-state index contributed by atoms with van der Waals surface area (Å²) in [5.41, 5.74) is 2.21. The van der Waals surface area contributed by atoms with Gasteiger partial charge in [-0.25, -0.2) is 4.98 Å². The van der Waals surface area contributed by atoms with E-state index in [1.165, 1.54) is 0 Å². The van der Waals surface area contributed by atoms with Gasteiger partial charge in [0.25, 0.3) is 0 Å². The monoisotopic (exact) mass is 340 g/mol. The van der Waals surface area contributed by atoms with E-state index in [0.717, 1.165) is 17.7 Å². The van der Waals surface area contributed by atoms with Gasteiger partial charge in [-0.3, -0.25) is 9.59 Å². The zero-order chi connectivity index (χ0) is 17.8. The van der Waals surface area contributed by atoms with Gasteiger partial charge in [-0.1, -0.05) is 24.3 Å². The lowest BCUT2D eigenvalue weighted by Crippen LogP contribution is -2.35. The predicted octanol–water partition coefficient (Wildman–Crippen LogP) is 1.80. The van der Waals surface area contributed by atoms with Crippen LogP contribution in [-0.4, -0.2) is 38.9 Å². The number of nitrogens with zero attached hydrogens (tertiary/aromatic N) is 3. The van der Waals surface area contributed by atoms with Gasteiger partial charge in [0.05, 0.1) is 12.2 Å². The number of nitrogens with one attached hydrogen (secondary N) is 1. The Balaban J connectivity index is 1.55. The average molecular weight is 340 g/mol. The van der Waals surface area contributed by atoms with Gasteiger partial charge in [-0.05, 0) is 25.0 Å². The minimum atomic E-state index is -0.246. The Morgan fingerprint density at radius 1 is 1.36 bits per heavy atom. The molecule has 1 atom stereocenters. The number of likely N-dealkylation sites (tertiary alicyclic amines) is 1. The van der Waals surface area contributed by atoms with Crippen molar-refractivity contribution in [3.63, 3.8) is 0 Å². The number of aromatic nitrogens is 2. The highest BCUT2D eigenvalue weighted by Crippen LogP contribution is 2.20. The molecular weight excluding hydrogens is 316 g/mol. The first kappa shape index (κ1) is 17.2. The van der Waals surface area contributed by atoms with Crippen LogP contribution in [0.4, 0.5) is 0 Å². The van der Waals surface area contributed by atoms with Gasteiger partial charge in [0.2, 0.25) is 11.8 Å². The van der Waals surface area contributed by atoms with Crippen LogP contribution in [0.25, 0.3) is 0 Å². The van der Waals surface area contributed by atoms with Gasteiger partial charge >= 0.3 is 0 Å². The molecule has 1 aromatic carbocycles. The molecule has 1 aliphatic heterocycles. The molecule has 1 unspecified atom stereocenters. The first-order valence-corrected chi connectivity index (χ1v) is 8.63. The SMILES string of the molecule is CC(C)N1CC(C(=O)NCc2cccc(Cn3ccnc3)c2)CC1=O. The maximum absolute atomic E-state index is 12.4. The van der Waals surface area contributed by atoms with Crippen LogP contribution in [0.15, 0.2) is 43.0 Å². The van der Waals surface area contributed by atoms with Crippen LogP contribution in [0.3, 0.4) is 0 Å². The van der Waals surface area contributed by atoms with E-state index in [4.69, 9.17) is 0 Å². The Kier molecular flexibility index (Phi) is 5.16. The summed E-state index contributed by atoms with van der Waals surface area (Å²) in [6.07, 6.45) is 5.77. The third kappa shape index (κ3) is 4.26. The third-order valence-electron chi connectivity index (χ3n) is 4.54. The van der Waals surface area contributed by atoms with Crippen molar-refractivity contribution in [2.24, 2.45) is 5.92 Å². The van der Waals surface area contributed by atoms with E-state index < -0.39 is 0 Å². The van der Waals surface area contributed by atoms with E-state index in [1.54, 1.807) is 17.4 Å². The number of imidazole rings is 1. The summed E-state index contributed by atoms with van der Waals surface area (Å²) < 4.78 is 2.00. The quantitative estimate of drug-likeness (QED) is 0.872. The van der Waals surface area contributed by atoms with Crippen molar-refractivity contribution >= 4 is 11.8 Å². The maximum atomic E-state index is 12.4. The largest absolute Gasteiger partial charge is 0.352 e. The van der Waals surface area contributed by atoms with Gasteiger partial charge < -0.3 is 14.8 Å². The second kappa shape index (κ2) is 7.51. The zero-order valence-electron chi connectivity index (χ0n) is 14.7. The van der Waals surface area contributed by atoms with Crippen LogP contribution in [0.5, 0.6) is 0 Å². The molecule has 1 aliphatic rings. The Labute approximate surface area is 147 Å². The molecular formula is C19H24N4O2. The fourth-order valence-electron chi connectivity index (χ4n) is 3.17. The normalized spacial score (nSPS) is 17.3. The molecule has 0 radical (unpaired) electrons. The van der Waals surface area contributed by atoms with Crippen molar-refractivity contribution in [1.29, 1.82) is 0 Å². The first-order chi connectivity index (χ1) is 12.0. The summed E-state index contributed by atoms with van der Waals surface area (Å²) in [5.74, 6) is -0.224. The molecule has 0 aliphatic carbocycles. The molecule has 6 heteroatoms. The number of amides is 2. The van der Waals surface area contributed by atoms with Crippen LogP contribution < -0.4 is 5.32 Å². The van der Waals surface area contributed by atoms with Gasteiger partial charge in [0, 0.05) is 44.5 Å². The van der Waals surface area contributed by atoms with Crippen LogP contribution >= 0.6 is 0 Å². The molecule has 0 bridgehead atoms. The Morgan fingerprint density at radius 2 is 2.16 bits per heavy atom. The lowest BCUT2D eigenvalue weighted by Gasteiger charge is -2.20. The molecule has 2 amide bonds. The molecule has 1 fully saturated rings. The van der Waals surface area contributed by atoms with Crippen LogP contribution in [-0.2, 0) is 22.7 Å². The maximum Gasteiger partial charge on any atom is 0.225 e. The number of carbonyl (C=O) groups is 2. The minimum Gasteiger partial charge on any atom is -0.352 e. The standard InChI is InChI=1S/C19H24N4O2/c1-14(2)23-12-17(9-18(23)24)19(25)21-10-15-4-3-5-16(8-15)11-22-7-6-20-13-22/h3-8,13-14,17H,9-12H2,1-2H3,(H,21,25). The highest BCUT2D eigenvalue weighted by molar-refractivity contribution is 5.89. The van der Waals surface area contributed by atoms with Crippen LogP contribution in [0.1, 0.15) is 31.4 Å². The van der Waals surface area contributed by atoms with E-state index in [2.05, 4.69) is 22.4 Å². The van der Waals surface area contributed by atoms with E-state index in [0.29, 0.717) is 19.5 Å². The Bertz CT molecular complexity index is 740. The third-order valence-corrected chi connectivity index (χ3v) is 4.54. The van der Waals surface area contributed by atoms with Crippen molar-refractivity contribution < 1.29 is 9.59 Å². The predicted molar refractivity (Wildman–Crippen MR) is 94.6 cm³/mol. The molecule has 132 valence electrons. The second-order valence-electron chi connectivity index (χ2n) is 6.81. The zero-order valence-corrected chi connectivity index (χ0v) is 14.7. The lowest BCUT2D eigenvalue weighted by atomic mass is 10.1. The van der Waals surface area contributed by atoms with E-state index in [-0.39, 0.29) is 23.8 Å². The molecule has 1 N–H and O–H groups in total. The minimum absolute atomic E-state index is 0.0449. The number of rotatable bonds is 6. The molecule has 0 saturated carbocycles. The Morgan fingerprint density at radius 3 is 2.84 bits per heavy atom. The number of carbonyl (C=O) groups excluding carboxylic acids is 2. The highest BCUT2D eigenvalue weighted by Gasteiger charge is 2.35. The van der Waals surface area contributed by atoms with Crippen molar-refractivity contribution in [2.45, 2.75) is 39.4 Å². The molecule has 0 spiro atoms. The van der Waals surface area contributed by atoms with Crippen molar-refractivity contribution in [3.05, 3.63) is 54.1 Å². The number of benzene rings is 1. The smallest absolute Gasteiger partial charge is 0.225 e. The summed E-state index contributed by atoms with van der Waals surface area (Å²) in [7, 11) is 0. The molecule has 25 heavy (non-hydrogen) atoms. The molecule has 2 aromatic rings. The first-order valence-electron chi connectivity index (χ1n) is 8.63. The molecule has 6 nitrogen and oxygen atoms in total. The second-order valence-corrected chi connectivity index (χ2v) is 6.81. The summed E-state index contributed by atoms with van der Waals surface area (Å²) in [6.45, 7) is 5.70. The molecule has 3 rings (SSSR count). The summed E-state index contributed by atoms with van der Waals surface area (Å²) in [6, 6.07) is 8.28. The average Bonchev–Trinajstić information content (AvgIpc) is 3.22. The van der Waals surface area contributed by atoms with Crippen molar-refractivity contribution in [1.82, 2.24) is 19.8 Å². The van der Waals surface area contributed by atoms with Gasteiger partial charge in [-0.2, -0.15) is 0 Å². The summed E-state index contributed by atoms with van der Waals surface area (Å²) >= 11 is 0. The fourth-order valence-corrected chi connectivity index (χ4v) is 3.17. The fraction of sp³-hybridized carbons (Fsp3) is 0.421. The molecule has 1 saturated heterocycles. The molecule has 1 aromatic heterocycles. The number of hydrogen-bond donors (Lipinski definition) is 1. The van der Waals surface area contributed by atoms with E-state index in [9.17, 15) is 9.59 Å². The van der Waals surface area contributed by atoms with Crippen LogP contribution in [0.2, 0.25) is 0 Å². The topological polar surface area (TPSA) is 67.2 Å². The Hall–Kier alpha value is -2.63. The number of hydrogen-bond acceptors (Lipinski definition) is 3. The summed E-state index contributed by atoms with van der Waals surface area (Å²) in [5, 5.41) is 2.97. The van der Waals surface area contributed by atoms with Crippen molar-refractivity contribution in [2.75, 3.05) is 6.54 Å². The van der Waals surface area contributed by atoms with Gasteiger partial charge in [0.15, 0.2) is 0 Å². The van der Waals surface area contributed by atoms with Crippen LogP contribution in [0, 0.1) is 5.92 Å². The van der Waals surface area contributed by atoms with E-state index >= 15 is 0 Å². The molecule has 2 heterocycles. The van der Waals surface area contributed by atoms with E-state index in [1.807, 2.05) is 36.7 Å². The van der Waals surface area contributed by atoms with Gasteiger partial charge in [0.1, 0.15) is 0 Å². The summed E-state index contributed by atoms with van der Waals surface area (Å²) in [4.78, 5) is 30.1.